The highest BCUT2D eigenvalue weighted by Crippen LogP contribution is 2.30. The van der Waals surface area contributed by atoms with Crippen LogP contribution in [0.15, 0.2) is 47.4 Å². The van der Waals surface area contributed by atoms with Crippen LogP contribution in [-0.4, -0.2) is 34.5 Å². The molecule has 1 heterocycles. The summed E-state index contributed by atoms with van der Waals surface area (Å²) in [6.07, 6.45) is 0.564. The van der Waals surface area contributed by atoms with Crippen molar-refractivity contribution in [2.75, 3.05) is 25.1 Å². The van der Waals surface area contributed by atoms with Crippen LogP contribution in [0.3, 0.4) is 0 Å². The molecule has 2 aromatic carbocycles. The number of carbonyl (C=O) groups excluding carboxylic acids is 1. The lowest BCUT2D eigenvalue weighted by Gasteiger charge is -2.18. The Balaban J connectivity index is 1.73. The fraction of sp³-hybridized carbons (Fsp3) is 0.235. The molecule has 1 aliphatic rings. The number of nitrogens with zero attached hydrogens (tertiary/aromatic N) is 1. The molecule has 25 heavy (non-hydrogen) atoms. The molecule has 0 saturated carbocycles. The SMILES string of the molecule is CNS(=O)(=O)c1ccc2c(c1)CCN2C(=O)COc1cccc(F)c1. The van der Waals surface area contributed by atoms with E-state index in [0.29, 0.717) is 18.7 Å². The number of rotatable bonds is 5. The summed E-state index contributed by atoms with van der Waals surface area (Å²) in [4.78, 5) is 14.1. The molecule has 1 N–H and O–H groups in total. The van der Waals surface area contributed by atoms with E-state index in [4.69, 9.17) is 4.74 Å². The maximum atomic E-state index is 13.1. The summed E-state index contributed by atoms with van der Waals surface area (Å²) >= 11 is 0. The summed E-state index contributed by atoms with van der Waals surface area (Å²) in [5.74, 6) is -0.426. The second-order valence-corrected chi connectivity index (χ2v) is 7.43. The smallest absolute Gasteiger partial charge is 0.264 e. The molecule has 132 valence electrons. The third-order valence-corrected chi connectivity index (χ3v) is 5.40. The van der Waals surface area contributed by atoms with E-state index in [1.54, 1.807) is 23.1 Å². The Labute approximate surface area is 145 Å². The van der Waals surface area contributed by atoms with E-state index < -0.39 is 15.8 Å². The first-order valence-electron chi connectivity index (χ1n) is 7.66. The van der Waals surface area contributed by atoms with E-state index in [0.717, 1.165) is 5.56 Å². The molecule has 0 fully saturated rings. The number of sulfonamides is 1. The average Bonchev–Trinajstić information content (AvgIpc) is 3.03. The van der Waals surface area contributed by atoms with Gasteiger partial charge in [0.05, 0.1) is 4.90 Å². The summed E-state index contributed by atoms with van der Waals surface area (Å²) < 4.78 is 44.4. The van der Waals surface area contributed by atoms with Gasteiger partial charge in [0.2, 0.25) is 10.0 Å². The predicted molar refractivity (Wildman–Crippen MR) is 90.6 cm³/mol. The first kappa shape index (κ1) is 17.4. The van der Waals surface area contributed by atoms with Crippen LogP contribution in [-0.2, 0) is 21.2 Å². The molecule has 0 unspecified atom stereocenters. The highest BCUT2D eigenvalue weighted by molar-refractivity contribution is 7.89. The molecule has 2 aromatic rings. The van der Waals surface area contributed by atoms with Crippen molar-refractivity contribution in [2.24, 2.45) is 0 Å². The average molecular weight is 364 g/mol. The zero-order valence-electron chi connectivity index (χ0n) is 13.5. The van der Waals surface area contributed by atoms with Gasteiger partial charge in [-0.3, -0.25) is 4.79 Å². The Morgan fingerprint density at radius 1 is 1.28 bits per heavy atom. The maximum Gasteiger partial charge on any atom is 0.264 e. The maximum absolute atomic E-state index is 13.1. The van der Waals surface area contributed by atoms with Crippen LogP contribution in [0.25, 0.3) is 0 Å². The molecule has 0 radical (unpaired) electrons. The van der Waals surface area contributed by atoms with Gasteiger partial charge in [-0.25, -0.2) is 17.5 Å². The van der Waals surface area contributed by atoms with Crippen LogP contribution in [0, 0.1) is 5.82 Å². The Kier molecular flexibility index (Phi) is 4.73. The van der Waals surface area contributed by atoms with E-state index in [2.05, 4.69) is 4.72 Å². The van der Waals surface area contributed by atoms with Crippen molar-refractivity contribution in [3.05, 3.63) is 53.8 Å². The first-order valence-corrected chi connectivity index (χ1v) is 9.14. The molecule has 0 bridgehead atoms. The van der Waals surface area contributed by atoms with Gasteiger partial charge in [0, 0.05) is 18.3 Å². The summed E-state index contributed by atoms with van der Waals surface area (Å²) in [7, 11) is -2.17. The molecule has 0 saturated heterocycles. The number of halogens is 1. The monoisotopic (exact) mass is 364 g/mol. The van der Waals surface area contributed by atoms with Gasteiger partial charge in [0.25, 0.3) is 5.91 Å². The van der Waals surface area contributed by atoms with Gasteiger partial charge in [-0.2, -0.15) is 0 Å². The van der Waals surface area contributed by atoms with Crippen molar-refractivity contribution < 1.29 is 22.3 Å². The number of ether oxygens (including phenoxy) is 1. The van der Waals surface area contributed by atoms with Crippen molar-refractivity contribution in [3.63, 3.8) is 0 Å². The fourth-order valence-corrected chi connectivity index (χ4v) is 3.48. The van der Waals surface area contributed by atoms with Crippen LogP contribution in [0.2, 0.25) is 0 Å². The Morgan fingerprint density at radius 2 is 2.08 bits per heavy atom. The number of anilines is 1. The topological polar surface area (TPSA) is 75.7 Å². The van der Waals surface area contributed by atoms with E-state index in [1.807, 2.05) is 0 Å². The van der Waals surface area contributed by atoms with Gasteiger partial charge in [-0.1, -0.05) is 6.07 Å². The number of carbonyl (C=O) groups is 1. The molecular weight excluding hydrogens is 347 g/mol. The molecule has 3 rings (SSSR count). The number of fused-ring (bicyclic) bond motifs is 1. The Morgan fingerprint density at radius 3 is 2.80 bits per heavy atom. The minimum atomic E-state index is -3.52. The van der Waals surface area contributed by atoms with E-state index in [1.165, 1.54) is 31.3 Å². The third-order valence-electron chi connectivity index (χ3n) is 3.98. The van der Waals surface area contributed by atoms with Crippen molar-refractivity contribution in [3.8, 4) is 5.75 Å². The minimum absolute atomic E-state index is 0.166. The summed E-state index contributed by atoms with van der Waals surface area (Å²) in [6.45, 7) is 0.225. The first-order chi connectivity index (χ1) is 11.9. The van der Waals surface area contributed by atoms with Crippen molar-refractivity contribution >= 4 is 21.6 Å². The number of nitrogens with one attached hydrogen (secondary N) is 1. The van der Waals surface area contributed by atoms with E-state index >= 15 is 0 Å². The van der Waals surface area contributed by atoms with Gasteiger partial charge in [-0.15, -0.1) is 0 Å². The largest absolute Gasteiger partial charge is 0.484 e. The normalized spacial score (nSPS) is 13.6. The number of benzene rings is 2. The van der Waals surface area contributed by atoms with Crippen LogP contribution in [0.4, 0.5) is 10.1 Å². The summed E-state index contributed by atoms with van der Waals surface area (Å²) in [5.41, 5.74) is 1.46. The lowest BCUT2D eigenvalue weighted by atomic mass is 10.2. The number of amides is 1. The summed E-state index contributed by atoms with van der Waals surface area (Å²) in [5, 5.41) is 0. The third kappa shape index (κ3) is 3.64. The molecule has 0 spiro atoms. The zero-order chi connectivity index (χ0) is 18.0. The molecule has 0 atom stereocenters. The van der Waals surface area contributed by atoms with E-state index in [9.17, 15) is 17.6 Å². The molecule has 0 aromatic heterocycles. The van der Waals surface area contributed by atoms with Gasteiger partial charge in [-0.05, 0) is 49.4 Å². The lowest BCUT2D eigenvalue weighted by Crippen LogP contribution is -2.33. The standard InChI is InChI=1S/C17H17FN2O4S/c1-19-25(22,23)15-5-6-16-12(9-15)7-8-20(16)17(21)11-24-14-4-2-3-13(18)10-14/h2-6,9-10,19H,7-8,11H2,1H3. The second kappa shape index (κ2) is 6.81. The number of hydrogen-bond acceptors (Lipinski definition) is 4. The molecule has 1 amide bonds. The quantitative estimate of drug-likeness (QED) is 0.876. The van der Waals surface area contributed by atoms with Crippen molar-refractivity contribution in [1.82, 2.24) is 4.72 Å². The minimum Gasteiger partial charge on any atom is -0.484 e. The van der Waals surface area contributed by atoms with Crippen LogP contribution < -0.4 is 14.4 Å². The molecule has 1 aliphatic heterocycles. The van der Waals surface area contributed by atoms with Crippen molar-refractivity contribution in [2.45, 2.75) is 11.3 Å². The van der Waals surface area contributed by atoms with Crippen LogP contribution in [0.1, 0.15) is 5.56 Å². The predicted octanol–water partition coefficient (Wildman–Crippen LogP) is 1.70. The van der Waals surface area contributed by atoms with Gasteiger partial charge in [0.15, 0.2) is 6.61 Å². The highest BCUT2D eigenvalue weighted by atomic mass is 32.2. The molecule has 6 nitrogen and oxygen atoms in total. The second-order valence-electron chi connectivity index (χ2n) is 5.54. The highest BCUT2D eigenvalue weighted by Gasteiger charge is 2.26. The lowest BCUT2D eigenvalue weighted by molar-refractivity contribution is -0.120. The van der Waals surface area contributed by atoms with Crippen molar-refractivity contribution in [1.29, 1.82) is 0 Å². The Bertz CT molecular complexity index is 915. The molecule has 0 aliphatic carbocycles. The zero-order valence-corrected chi connectivity index (χ0v) is 14.3. The Hall–Kier alpha value is -2.45. The van der Waals surface area contributed by atoms with E-state index in [-0.39, 0.29) is 23.2 Å². The molecular formula is C17H17FN2O4S. The van der Waals surface area contributed by atoms with Gasteiger partial charge in [0.1, 0.15) is 11.6 Å². The fourth-order valence-electron chi connectivity index (χ4n) is 2.70. The number of hydrogen-bond donors (Lipinski definition) is 1. The van der Waals surface area contributed by atoms with Crippen LogP contribution in [0.5, 0.6) is 5.75 Å². The molecule has 8 heteroatoms. The van der Waals surface area contributed by atoms with Crippen LogP contribution >= 0.6 is 0 Å². The van der Waals surface area contributed by atoms with Gasteiger partial charge >= 0.3 is 0 Å². The van der Waals surface area contributed by atoms with Gasteiger partial charge < -0.3 is 9.64 Å². The summed E-state index contributed by atoms with van der Waals surface area (Å²) in [6, 6.07) is 10.2.